The number of alkyl halides is 2. The van der Waals surface area contributed by atoms with E-state index < -0.39 is 30.8 Å². The van der Waals surface area contributed by atoms with Gasteiger partial charge in [-0.05, 0) is 69.9 Å². The molecule has 6 aliphatic carbocycles. The van der Waals surface area contributed by atoms with Crippen LogP contribution in [0.25, 0.3) is 21.5 Å². The normalized spacial score (nSPS) is 29.4. The van der Waals surface area contributed by atoms with Crippen molar-refractivity contribution in [1.29, 1.82) is 0 Å². The molecular formula is C50H47Cl2N4O10P. The lowest BCUT2D eigenvalue weighted by molar-refractivity contribution is -0.623. The first-order chi connectivity index (χ1) is 32.2. The molecular weight excluding hydrogens is 918 g/mol. The summed E-state index contributed by atoms with van der Waals surface area (Å²) in [5, 5.41) is 2.84. The molecule has 346 valence electrons. The van der Waals surface area contributed by atoms with Gasteiger partial charge >= 0.3 is 20.0 Å². The second-order valence-electron chi connectivity index (χ2n) is 19.6. The number of phosphoric ester groups is 1. The number of hydrogen-bond donors (Lipinski definition) is 2. The van der Waals surface area contributed by atoms with Crippen LogP contribution in [-0.4, -0.2) is 95.6 Å². The third-order valence-electron chi connectivity index (χ3n) is 16.8. The van der Waals surface area contributed by atoms with Gasteiger partial charge in [-0.2, -0.15) is 0 Å². The van der Waals surface area contributed by atoms with Gasteiger partial charge in [0.25, 0.3) is 0 Å². The zero-order chi connectivity index (χ0) is 46.6. The van der Waals surface area contributed by atoms with Gasteiger partial charge in [-0.3, -0.25) is 19.4 Å². The van der Waals surface area contributed by atoms with Gasteiger partial charge < -0.3 is 33.6 Å². The van der Waals surface area contributed by atoms with E-state index in [1.165, 1.54) is 9.80 Å². The Morgan fingerprint density at radius 3 is 1.57 bits per heavy atom. The van der Waals surface area contributed by atoms with Crippen LogP contribution in [0.2, 0.25) is 0 Å². The quantitative estimate of drug-likeness (QED) is 0.0919. The fraction of sp³-hybridized carbons (Fsp3) is 0.400. The van der Waals surface area contributed by atoms with Crippen molar-refractivity contribution in [3.05, 3.63) is 107 Å². The van der Waals surface area contributed by atoms with Gasteiger partial charge in [0, 0.05) is 86.8 Å². The van der Waals surface area contributed by atoms with E-state index in [4.69, 9.17) is 37.2 Å². The van der Waals surface area contributed by atoms with E-state index in [1.54, 1.807) is 43.3 Å². The molecule has 2 aliphatic heterocycles. The third-order valence-corrected chi connectivity index (χ3v) is 18.0. The fourth-order valence-corrected chi connectivity index (χ4v) is 15.1. The first kappa shape index (κ1) is 42.9. The number of halogens is 2. The van der Waals surface area contributed by atoms with Crippen LogP contribution in [0.5, 0.6) is 11.5 Å². The average Bonchev–Trinajstić information content (AvgIpc) is 3.90. The van der Waals surface area contributed by atoms with Crippen molar-refractivity contribution < 1.29 is 47.5 Å². The Bertz CT molecular complexity index is 3000. The van der Waals surface area contributed by atoms with E-state index in [0.29, 0.717) is 35.6 Å². The maximum absolute atomic E-state index is 15.2. The highest BCUT2D eigenvalue weighted by Crippen LogP contribution is 3.10. The molecule has 17 heteroatoms. The van der Waals surface area contributed by atoms with Crippen molar-refractivity contribution in [3.8, 4) is 11.5 Å². The predicted molar refractivity (Wildman–Crippen MR) is 251 cm³/mol. The molecule has 0 spiro atoms. The lowest BCUT2D eigenvalue weighted by atomic mass is 8.92. The molecule has 0 saturated heterocycles. The maximum atomic E-state index is 15.2. The van der Waals surface area contributed by atoms with Gasteiger partial charge in [-0.1, -0.05) is 78.4 Å². The largest absolute Gasteiger partial charge is 0.524 e. The van der Waals surface area contributed by atoms with Crippen LogP contribution in [0, 0.1) is 53.3 Å². The molecule has 2 N–H and O–H groups in total. The minimum absolute atomic E-state index is 0.00425. The molecule has 2 atom stereocenters. The van der Waals surface area contributed by atoms with Crippen molar-refractivity contribution in [3.63, 3.8) is 0 Å². The molecule has 0 aromatic heterocycles. The zero-order valence-corrected chi connectivity index (χ0v) is 39.2. The summed E-state index contributed by atoms with van der Waals surface area (Å²) in [6.45, 7) is 3.24. The van der Waals surface area contributed by atoms with Gasteiger partial charge in [0.1, 0.15) is 18.1 Å². The van der Waals surface area contributed by atoms with E-state index in [0.717, 1.165) is 38.4 Å². The summed E-state index contributed by atoms with van der Waals surface area (Å²) in [6.07, 6.45) is -1.13. The molecule has 67 heavy (non-hydrogen) atoms. The summed E-state index contributed by atoms with van der Waals surface area (Å²) >= 11 is 13.2. The van der Waals surface area contributed by atoms with Gasteiger partial charge in [-0.15, -0.1) is 23.2 Å². The molecule has 0 radical (unpaired) electrons. The second-order valence-corrected chi connectivity index (χ2v) is 21.4. The minimum Gasteiger partial charge on any atom is -0.445 e. The number of carbonyl (C=O) groups excluding carboxylic acids is 4. The molecule has 0 bridgehead atoms. The molecule has 5 aromatic rings. The average molecular weight is 966 g/mol. The van der Waals surface area contributed by atoms with Crippen LogP contribution in [0.3, 0.4) is 0 Å². The molecule has 4 amide bonds. The van der Waals surface area contributed by atoms with Crippen molar-refractivity contribution >= 4 is 87.9 Å². The van der Waals surface area contributed by atoms with Crippen LogP contribution in [0.15, 0.2) is 84.9 Å². The lowest BCUT2D eigenvalue weighted by Gasteiger charge is -3.09. The molecule has 14 nitrogen and oxygen atoms in total. The number of fused-ring (bicyclic) bond motifs is 6. The summed E-state index contributed by atoms with van der Waals surface area (Å²) in [7, 11) is -1.70. The Morgan fingerprint density at radius 1 is 0.672 bits per heavy atom. The summed E-state index contributed by atoms with van der Waals surface area (Å²) in [5.74, 6) is 1.07. The number of rotatable bonds is 12. The molecule has 2 heterocycles. The number of hydrogen-bond acceptors (Lipinski definition) is 8. The van der Waals surface area contributed by atoms with Gasteiger partial charge in [0.05, 0.1) is 22.2 Å². The molecule has 13 rings (SSSR count). The highest BCUT2D eigenvalue weighted by Gasteiger charge is 3.13. The Balaban J connectivity index is 0.767. The number of nitrogens with zero attached hydrogens (tertiary/aromatic N) is 4. The molecule has 6 saturated carbocycles. The Morgan fingerprint density at radius 2 is 1.10 bits per heavy atom. The predicted octanol–water partition coefficient (Wildman–Crippen LogP) is 8.25. The molecule has 6 fully saturated rings. The summed E-state index contributed by atoms with van der Waals surface area (Å²) in [5.41, 5.74) is 3.94. The Labute approximate surface area is 395 Å². The molecule has 0 unspecified atom stereocenters. The van der Waals surface area contributed by atoms with Crippen molar-refractivity contribution in [2.45, 2.75) is 25.4 Å². The number of benzene rings is 5. The first-order valence-electron chi connectivity index (χ1n) is 22.6. The smallest absolute Gasteiger partial charge is 0.445 e. The third kappa shape index (κ3) is 5.56. The van der Waals surface area contributed by atoms with Crippen LogP contribution in [0.1, 0.15) is 34.1 Å². The van der Waals surface area contributed by atoms with Gasteiger partial charge in [0.15, 0.2) is 0 Å². The number of phosphoric acid groups is 1. The van der Waals surface area contributed by atoms with Crippen LogP contribution >= 0.6 is 31.0 Å². The Kier molecular flexibility index (Phi) is 9.50. The monoisotopic (exact) mass is 964 g/mol. The first-order valence-corrected chi connectivity index (χ1v) is 25.2. The van der Waals surface area contributed by atoms with Gasteiger partial charge in [-0.25, -0.2) is 14.2 Å². The number of carbonyl (C=O) groups is 4. The van der Waals surface area contributed by atoms with E-state index in [-0.39, 0.29) is 96.4 Å². The molecule has 8 aliphatic rings. The van der Waals surface area contributed by atoms with E-state index in [2.05, 4.69) is 0 Å². The highest BCUT2D eigenvalue weighted by atomic mass is 35.5. The summed E-state index contributed by atoms with van der Waals surface area (Å²) in [6, 6.07) is 26.0. The van der Waals surface area contributed by atoms with Crippen molar-refractivity contribution in [2.75, 3.05) is 61.8 Å². The van der Waals surface area contributed by atoms with Crippen molar-refractivity contribution in [1.82, 2.24) is 9.80 Å². The highest BCUT2D eigenvalue weighted by molar-refractivity contribution is 7.46. The Hall–Kier alpha value is -5.37. The lowest BCUT2D eigenvalue weighted by Crippen LogP contribution is -3.12. The summed E-state index contributed by atoms with van der Waals surface area (Å²) < 4.78 is 28.8. The van der Waals surface area contributed by atoms with Crippen LogP contribution < -0.4 is 19.1 Å². The number of likely N-dealkylation sites (N-methyl/N-ethyl adjacent to an activating group) is 2. The minimum atomic E-state index is -4.92. The number of anilines is 2. The summed E-state index contributed by atoms with van der Waals surface area (Å²) in [4.78, 5) is 82.6. The number of aryl methyl sites for hydroxylation is 1. The number of ether oxygens (including phenoxy) is 2. The maximum Gasteiger partial charge on any atom is 0.524 e. The number of amides is 4. The van der Waals surface area contributed by atoms with E-state index >= 15 is 4.79 Å². The van der Waals surface area contributed by atoms with Crippen molar-refractivity contribution in [2.24, 2.45) is 46.3 Å². The van der Waals surface area contributed by atoms with Crippen LogP contribution in [0.4, 0.5) is 21.0 Å². The van der Waals surface area contributed by atoms with Crippen LogP contribution in [-0.2, 0) is 25.5 Å². The fourth-order valence-electron chi connectivity index (χ4n) is 14.2. The second kappa shape index (κ2) is 14.8. The van der Waals surface area contributed by atoms with E-state index in [9.17, 15) is 28.7 Å². The molecule has 5 aromatic carbocycles. The SMILES string of the molecule is Cc1ccc(COC(=O)N(C)CCN(C)C(=O)Oc2cc3c(c4ccccc24)[C@H](CCl)CN3C(=O)C23C4C5C2C2C3C4C52C(=O)N2C[C@@H](CCl)c3c2cc(OP(=O)(O)O)c2ccccc32)cc1. The van der Waals surface area contributed by atoms with E-state index in [1.807, 2.05) is 72.5 Å². The van der Waals surface area contributed by atoms with Gasteiger partial charge in [0.2, 0.25) is 11.8 Å². The zero-order valence-electron chi connectivity index (χ0n) is 36.8. The standard InChI is InChI=1S/C50H47Cl2N4O10P/c1-25-12-14-26(15-13-25)24-64-47(59)53(2)16-17-54(3)48(60)65-35-18-33-37(31-10-6-4-8-29(31)35)27(20-51)22-55(33)45(57)49-39-42-40(49)44-41(49)43(39)50(42,44)46(58)56-23-28(21-52)38-32-11-7-5-9-30(32)36(19-34(38)56)66-67(61,62)63/h4-15,18-19,27-28,39-44H,16-17,20-24H2,1-3H3,(H2,61,62,63)/t27-,28-,39?,40?,41?,42?,43?,44?,49?,50?/m1/s1. The topological polar surface area (TPSA) is 166 Å².